The second-order valence-electron chi connectivity index (χ2n) is 8.93. The van der Waals surface area contributed by atoms with Gasteiger partial charge < -0.3 is 15.3 Å². The van der Waals surface area contributed by atoms with Crippen LogP contribution in [0, 0.1) is 17.3 Å². The summed E-state index contributed by atoms with van der Waals surface area (Å²) >= 11 is 0. The van der Waals surface area contributed by atoms with Crippen molar-refractivity contribution in [1.82, 2.24) is 0 Å². The van der Waals surface area contributed by atoms with Crippen molar-refractivity contribution in [2.45, 2.75) is 70.0 Å². The summed E-state index contributed by atoms with van der Waals surface area (Å²) in [6, 6.07) is 5.61. The molecule has 1 aromatic carbocycles. The molecule has 3 heteroatoms. The number of rotatable bonds is 0. The number of hydrogen-bond acceptors (Lipinski definition) is 3. The van der Waals surface area contributed by atoms with Crippen LogP contribution in [0.5, 0.6) is 5.75 Å². The van der Waals surface area contributed by atoms with Gasteiger partial charge in [-0.2, -0.15) is 0 Å². The van der Waals surface area contributed by atoms with Crippen molar-refractivity contribution in [2.24, 2.45) is 17.3 Å². The lowest BCUT2D eigenvalue weighted by atomic mass is 9.49. The largest absolute Gasteiger partial charge is 0.508 e. The van der Waals surface area contributed by atoms with Crippen LogP contribution in [0.1, 0.15) is 63.5 Å². The maximum atomic E-state index is 11.4. The Labute approximate surface area is 138 Å². The van der Waals surface area contributed by atoms with Gasteiger partial charge in [-0.25, -0.2) is 0 Å². The average molecular weight is 316 g/mol. The van der Waals surface area contributed by atoms with E-state index >= 15 is 0 Å². The Bertz CT molecular complexity index is 648. The van der Waals surface area contributed by atoms with Crippen LogP contribution >= 0.6 is 0 Å². The zero-order chi connectivity index (χ0) is 16.6. The fraction of sp³-hybridized carbons (Fsp3) is 0.700. The molecule has 1 aromatic rings. The van der Waals surface area contributed by atoms with Crippen molar-refractivity contribution in [3.05, 3.63) is 29.3 Å². The first-order valence-electron chi connectivity index (χ1n) is 8.92. The molecule has 0 bridgehead atoms. The van der Waals surface area contributed by atoms with E-state index in [0.29, 0.717) is 24.0 Å². The molecule has 0 amide bonds. The van der Waals surface area contributed by atoms with Gasteiger partial charge >= 0.3 is 0 Å². The van der Waals surface area contributed by atoms with Crippen molar-refractivity contribution >= 4 is 0 Å². The predicted octanol–water partition coefficient (Wildman–Crippen LogP) is 3.36. The van der Waals surface area contributed by atoms with E-state index in [4.69, 9.17) is 0 Å². The van der Waals surface area contributed by atoms with Crippen LogP contribution in [0.2, 0.25) is 0 Å². The molecule has 23 heavy (non-hydrogen) atoms. The van der Waals surface area contributed by atoms with E-state index in [-0.39, 0.29) is 11.3 Å². The van der Waals surface area contributed by atoms with Crippen LogP contribution in [0.4, 0.5) is 0 Å². The topological polar surface area (TPSA) is 60.7 Å². The molecule has 0 aromatic heterocycles. The Morgan fingerprint density at radius 1 is 1.09 bits per heavy atom. The molecule has 126 valence electrons. The molecule has 0 aliphatic heterocycles. The summed E-state index contributed by atoms with van der Waals surface area (Å²) in [6.45, 7) is 6.09. The maximum absolute atomic E-state index is 11.4. The number of phenolic OH excluding ortho intramolecular Hbond substituents is 1. The smallest absolute Gasteiger partial charge is 0.115 e. The second kappa shape index (κ2) is 4.52. The number of aromatic hydroxyl groups is 1. The summed E-state index contributed by atoms with van der Waals surface area (Å²) < 4.78 is 0. The SMILES string of the molecule is CC1(O)CC2(C)C(CCC2(C)O)C2CCc3cc(O)ccc3C21. The molecule has 3 aliphatic rings. The zero-order valence-corrected chi connectivity index (χ0v) is 14.3. The lowest BCUT2D eigenvalue weighted by molar-refractivity contribution is -0.160. The lowest BCUT2D eigenvalue weighted by Gasteiger charge is -2.58. The van der Waals surface area contributed by atoms with Crippen molar-refractivity contribution in [3.8, 4) is 5.75 Å². The third-order valence-corrected chi connectivity index (χ3v) is 7.54. The second-order valence-corrected chi connectivity index (χ2v) is 8.93. The Morgan fingerprint density at radius 3 is 2.57 bits per heavy atom. The fourth-order valence-electron chi connectivity index (χ4n) is 6.36. The molecular formula is C20H28O3. The third kappa shape index (κ3) is 1.96. The third-order valence-electron chi connectivity index (χ3n) is 7.54. The van der Waals surface area contributed by atoms with Gasteiger partial charge in [0, 0.05) is 11.3 Å². The Kier molecular flexibility index (Phi) is 3.04. The van der Waals surface area contributed by atoms with Gasteiger partial charge in [0.2, 0.25) is 0 Å². The molecule has 0 spiro atoms. The predicted molar refractivity (Wildman–Crippen MR) is 89.4 cm³/mol. The van der Waals surface area contributed by atoms with Crippen LogP contribution in [0.3, 0.4) is 0 Å². The van der Waals surface area contributed by atoms with E-state index in [1.807, 2.05) is 26.0 Å². The van der Waals surface area contributed by atoms with Crippen LogP contribution in [0.25, 0.3) is 0 Å². The van der Waals surface area contributed by atoms with E-state index in [9.17, 15) is 15.3 Å². The van der Waals surface area contributed by atoms with Gasteiger partial charge in [0.15, 0.2) is 0 Å². The summed E-state index contributed by atoms with van der Waals surface area (Å²) in [5.74, 6) is 1.30. The number of phenols is 1. The highest BCUT2D eigenvalue weighted by molar-refractivity contribution is 5.42. The van der Waals surface area contributed by atoms with Crippen molar-refractivity contribution in [3.63, 3.8) is 0 Å². The number of fused-ring (bicyclic) bond motifs is 5. The van der Waals surface area contributed by atoms with Gasteiger partial charge in [0.05, 0.1) is 11.2 Å². The average Bonchev–Trinajstić information content (AvgIpc) is 2.67. The van der Waals surface area contributed by atoms with E-state index < -0.39 is 11.2 Å². The molecule has 2 fully saturated rings. The van der Waals surface area contributed by atoms with Gasteiger partial charge in [-0.3, -0.25) is 0 Å². The normalized spacial score (nSPS) is 48.5. The highest BCUT2D eigenvalue weighted by Crippen LogP contribution is 2.66. The Hall–Kier alpha value is -1.06. The number of aliphatic hydroxyl groups is 2. The van der Waals surface area contributed by atoms with Gasteiger partial charge in [-0.1, -0.05) is 13.0 Å². The van der Waals surface area contributed by atoms with Crippen molar-refractivity contribution < 1.29 is 15.3 Å². The van der Waals surface area contributed by atoms with Crippen molar-refractivity contribution in [1.29, 1.82) is 0 Å². The molecule has 0 heterocycles. The van der Waals surface area contributed by atoms with Gasteiger partial charge in [-0.15, -0.1) is 0 Å². The first kappa shape index (κ1) is 15.5. The molecule has 3 aliphatic carbocycles. The van der Waals surface area contributed by atoms with E-state index in [1.54, 1.807) is 6.07 Å². The molecule has 3 nitrogen and oxygen atoms in total. The first-order chi connectivity index (χ1) is 10.7. The van der Waals surface area contributed by atoms with Gasteiger partial charge in [0.1, 0.15) is 5.75 Å². The zero-order valence-electron chi connectivity index (χ0n) is 14.3. The molecule has 4 rings (SSSR count). The highest BCUT2D eigenvalue weighted by atomic mass is 16.3. The highest BCUT2D eigenvalue weighted by Gasteiger charge is 2.64. The minimum atomic E-state index is -0.823. The van der Waals surface area contributed by atoms with Crippen LogP contribution in [-0.2, 0) is 6.42 Å². The molecule has 6 unspecified atom stereocenters. The number of benzene rings is 1. The first-order valence-corrected chi connectivity index (χ1v) is 8.92. The minimum Gasteiger partial charge on any atom is -0.508 e. The number of hydrogen-bond donors (Lipinski definition) is 3. The molecule has 0 radical (unpaired) electrons. The Morgan fingerprint density at radius 2 is 1.83 bits per heavy atom. The summed E-state index contributed by atoms with van der Waals surface area (Å²) in [7, 11) is 0. The maximum Gasteiger partial charge on any atom is 0.115 e. The summed E-state index contributed by atoms with van der Waals surface area (Å²) in [6.07, 6.45) is 4.51. The lowest BCUT2D eigenvalue weighted by Crippen LogP contribution is -2.58. The van der Waals surface area contributed by atoms with Gasteiger partial charge in [0.25, 0.3) is 0 Å². The molecule has 6 atom stereocenters. The van der Waals surface area contributed by atoms with Crippen LogP contribution < -0.4 is 0 Å². The molecular weight excluding hydrogens is 288 g/mol. The van der Waals surface area contributed by atoms with Gasteiger partial charge in [-0.05, 0) is 81.0 Å². The molecule has 0 saturated heterocycles. The number of aryl methyl sites for hydroxylation is 1. The van der Waals surface area contributed by atoms with Crippen LogP contribution in [0.15, 0.2) is 18.2 Å². The standard InChI is InChI=1S/C20H28O3/c1-18-11-19(2,22)17-14-7-5-13(21)10-12(14)4-6-15(17)16(18)8-9-20(18,3)23/h5,7,10,15-17,21-23H,4,6,8-9,11H2,1-3H3. The Balaban J connectivity index is 1.83. The van der Waals surface area contributed by atoms with E-state index in [2.05, 4.69) is 6.92 Å². The summed E-state index contributed by atoms with van der Waals surface area (Å²) in [5.41, 5.74) is 0.655. The molecule has 3 N–H and O–H groups in total. The molecule has 2 saturated carbocycles. The van der Waals surface area contributed by atoms with E-state index in [1.165, 1.54) is 11.1 Å². The van der Waals surface area contributed by atoms with Crippen molar-refractivity contribution in [2.75, 3.05) is 0 Å². The minimum absolute atomic E-state index is 0.110. The monoisotopic (exact) mass is 316 g/mol. The quantitative estimate of drug-likeness (QED) is 0.688. The van der Waals surface area contributed by atoms with E-state index in [0.717, 1.165) is 25.7 Å². The van der Waals surface area contributed by atoms with Crippen LogP contribution in [-0.4, -0.2) is 26.5 Å². The summed E-state index contributed by atoms with van der Waals surface area (Å²) in [4.78, 5) is 0. The fourth-order valence-corrected chi connectivity index (χ4v) is 6.36. The summed E-state index contributed by atoms with van der Waals surface area (Å²) in [5, 5.41) is 32.1.